The molecule has 3 aromatic carbocycles. The third kappa shape index (κ3) is 5.15. The van der Waals surface area contributed by atoms with Crippen LogP contribution in [0.5, 0.6) is 11.5 Å². The molecule has 0 N–H and O–H groups in total. The largest absolute Gasteiger partial charge is 0.493 e. The normalized spacial score (nSPS) is 16.4. The molecule has 0 spiro atoms. The minimum absolute atomic E-state index is 0.0423. The van der Waals surface area contributed by atoms with Crippen LogP contribution in [-0.4, -0.2) is 40.8 Å². The molecule has 182 valence electrons. The lowest BCUT2D eigenvalue weighted by Crippen LogP contribution is -2.30. The molecule has 36 heavy (non-hydrogen) atoms. The fourth-order valence-electron chi connectivity index (χ4n) is 3.97. The minimum atomic E-state index is -0.220. The summed E-state index contributed by atoms with van der Waals surface area (Å²) >= 11 is 6.72. The molecule has 2 aliphatic rings. The maximum Gasteiger partial charge on any atom is 0.269 e. The van der Waals surface area contributed by atoms with Crippen LogP contribution in [0.2, 0.25) is 0 Å². The van der Waals surface area contributed by atoms with Crippen molar-refractivity contribution in [3.05, 3.63) is 89.3 Å². The van der Waals surface area contributed by atoms with Gasteiger partial charge in [0, 0.05) is 17.4 Å². The number of ether oxygens (including phenoxy) is 2. The van der Waals surface area contributed by atoms with Crippen molar-refractivity contribution in [1.29, 1.82) is 0 Å². The van der Waals surface area contributed by atoms with E-state index in [1.54, 1.807) is 29.0 Å². The lowest BCUT2D eigenvalue weighted by molar-refractivity contribution is -0.122. The van der Waals surface area contributed by atoms with Gasteiger partial charge in [-0.25, -0.2) is 0 Å². The molecule has 6 nitrogen and oxygen atoms in total. The van der Waals surface area contributed by atoms with Crippen LogP contribution in [0.15, 0.2) is 83.8 Å². The van der Waals surface area contributed by atoms with Gasteiger partial charge in [-0.2, -0.15) is 0 Å². The minimum Gasteiger partial charge on any atom is -0.493 e. The number of benzene rings is 3. The maximum atomic E-state index is 13.3. The lowest BCUT2D eigenvalue weighted by Gasteiger charge is -2.23. The number of thioether (sulfide) groups is 1. The predicted octanol–water partition coefficient (Wildman–Crippen LogP) is 5.80. The molecule has 2 amide bonds. The number of rotatable bonds is 8. The number of carbonyl (C=O) groups excluding carboxylic acids is 2. The highest BCUT2D eigenvalue weighted by Gasteiger charge is 2.41. The fourth-order valence-corrected chi connectivity index (χ4v) is 5.37. The molecule has 0 unspecified atom stereocenters. The molecular weight excluding hydrogens is 492 g/mol. The average Bonchev–Trinajstić information content (AvgIpc) is 3.69. The zero-order valence-electron chi connectivity index (χ0n) is 19.6. The van der Waals surface area contributed by atoms with Crippen LogP contribution in [0.4, 0.5) is 11.4 Å². The average molecular weight is 517 g/mol. The van der Waals surface area contributed by atoms with E-state index >= 15 is 0 Å². The number of carbonyl (C=O) groups is 2. The highest BCUT2D eigenvalue weighted by atomic mass is 32.2. The molecular formula is C28H24N2O4S2. The van der Waals surface area contributed by atoms with Gasteiger partial charge in [-0.05, 0) is 60.9 Å². The van der Waals surface area contributed by atoms with E-state index in [2.05, 4.69) is 0 Å². The summed E-state index contributed by atoms with van der Waals surface area (Å²) in [5.41, 5.74) is 2.29. The van der Waals surface area contributed by atoms with Crippen molar-refractivity contribution >= 4 is 57.6 Å². The summed E-state index contributed by atoms with van der Waals surface area (Å²) in [6, 6.07) is 24.5. The van der Waals surface area contributed by atoms with E-state index in [4.69, 9.17) is 21.7 Å². The van der Waals surface area contributed by atoms with Gasteiger partial charge in [0.25, 0.3) is 11.8 Å². The Bertz CT molecular complexity index is 1280. The smallest absolute Gasteiger partial charge is 0.269 e. The molecule has 3 aromatic rings. The fraction of sp³-hybridized carbons (Fsp3) is 0.179. The molecule has 1 aliphatic carbocycles. The number of amides is 2. The van der Waals surface area contributed by atoms with Gasteiger partial charge in [-0.1, -0.05) is 66.4 Å². The predicted molar refractivity (Wildman–Crippen MR) is 147 cm³/mol. The van der Waals surface area contributed by atoms with Gasteiger partial charge in [0.05, 0.1) is 12.0 Å². The SMILES string of the molecule is COc1cc(/C=C2\SC(=S)N(C3CC3)C2=O)ccc1OCC(=O)N(c1ccccc1)c1ccccc1. The first kappa shape index (κ1) is 24.1. The quantitative estimate of drug-likeness (QED) is 0.279. The van der Waals surface area contributed by atoms with Gasteiger partial charge < -0.3 is 9.47 Å². The molecule has 0 bridgehead atoms. The van der Waals surface area contributed by atoms with Crippen LogP contribution >= 0.6 is 24.0 Å². The summed E-state index contributed by atoms with van der Waals surface area (Å²) in [5.74, 6) is 0.649. The van der Waals surface area contributed by atoms with Crippen molar-refractivity contribution < 1.29 is 19.1 Å². The zero-order valence-corrected chi connectivity index (χ0v) is 21.3. The Hall–Kier alpha value is -3.62. The molecule has 0 atom stereocenters. The standard InChI is InChI=1S/C28H24N2O4S2/c1-33-24-16-19(17-25-27(32)30(22-13-14-22)28(35)36-25)12-15-23(24)34-18-26(31)29(20-8-4-2-5-9-20)21-10-6-3-7-11-21/h2-12,15-17,22H,13-14,18H2,1H3/b25-17-. The Kier molecular flexibility index (Phi) is 7.06. The number of thiocarbonyl (C=S) groups is 1. The molecule has 1 saturated carbocycles. The van der Waals surface area contributed by atoms with Gasteiger partial charge in [0.15, 0.2) is 18.1 Å². The van der Waals surface area contributed by atoms with Gasteiger partial charge in [-0.15, -0.1) is 0 Å². The number of hydrogen-bond donors (Lipinski definition) is 0. The van der Waals surface area contributed by atoms with Gasteiger partial charge in [0.2, 0.25) is 0 Å². The van der Waals surface area contributed by atoms with E-state index < -0.39 is 0 Å². The summed E-state index contributed by atoms with van der Waals surface area (Å²) in [6.45, 7) is -0.181. The number of para-hydroxylation sites is 2. The molecule has 2 fully saturated rings. The summed E-state index contributed by atoms with van der Waals surface area (Å²) < 4.78 is 12.0. The van der Waals surface area contributed by atoms with E-state index in [1.165, 1.54) is 11.8 Å². The van der Waals surface area contributed by atoms with Crippen molar-refractivity contribution in [1.82, 2.24) is 4.90 Å². The van der Waals surface area contributed by atoms with Gasteiger partial charge in [0.1, 0.15) is 4.32 Å². The van der Waals surface area contributed by atoms with Crippen LogP contribution in [0, 0.1) is 0 Å². The number of hydrogen-bond acceptors (Lipinski definition) is 6. The zero-order chi connectivity index (χ0) is 25.1. The first-order chi connectivity index (χ1) is 17.5. The van der Waals surface area contributed by atoms with Gasteiger partial charge in [-0.3, -0.25) is 19.4 Å². The second-order valence-electron chi connectivity index (χ2n) is 8.38. The van der Waals surface area contributed by atoms with Gasteiger partial charge >= 0.3 is 0 Å². The maximum absolute atomic E-state index is 13.3. The van der Waals surface area contributed by atoms with Crippen LogP contribution < -0.4 is 14.4 Å². The summed E-state index contributed by atoms with van der Waals surface area (Å²) in [4.78, 5) is 30.0. The topological polar surface area (TPSA) is 59.1 Å². The third-order valence-electron chi connectivity index (χ3n) is 5.85. The second kappa shape index (κ2) is 10.6. The van der Waals surface area contributed by atoms with E-state index in [0.717, 1.165) is 29.8 Å². The Morgan fingerprint density at radius 3 is 2.25 bits per heavy atom. The summed E-state index contributed by atoms with van der Waals surface area (Å²) in [5, 5.41) is 0. The van der Waals surface area contributed by atoms with E-state index in [9.17, 15) is 9.59 Å². The molecule has 1 aliphatic heterocycles. The van der Waals surface area contributed by atoms with Crippen molar-refractivity contribution in [2.75, 3.05) is 18.6 Å². The van der Waals surface area contributed by atoms with Crippen molar-refractivity contribution in [2.24, 2.45) is 0 Å². The van der Waals surface area contributed by atoms with Crippen LogP contribution in [0.25, 0.3) is 6.08 Å². The number of anilines is 2. The van der Waals surface area contributed by atoms with Crippen LogP contribution in [0.1, 0.15) is 18.4 Å². The van der Waals surface area contributed by atoms with Crippen molar-refractivity contribution in [3.63, 3.8) is 0 Å². The van der Waals surface area contributed by atoms with Crippen LogP contribution in [-0.2, 0) is 9.59 Å². The number of methoxy groups -OCH3 is 1. The van der Waals surface area contributed by atoms with Crippen molar-refractivity contribution in [3.8, 4) is 11.5 Å². The monoisotopic (exact) mass is 516 g/mol. The molecule has 1 saturated heterocycles. The Labute approximate surface area is 219 Å². The second-order valence-corrected chi connectivity index (χ2v) is 10.1. The third-order valence-corrected chi connectivity index (χ3v) is 7.18. The van der Waals surface area contributed by atoms with E-state index in [1.807, 2.05) is 72.8 Å². The van der Waals surface area contributed by atoms with Crippen molar-refractivity contribution in [2.45, 2.75) is 18.9 Å². The molecule has 0 aromatic heterocycles. The molecule has 1 heterocycles. The van der Waals surface area contributed by atoms with Crippen LogP contribution in [0.3, 0.4) is 0 Å². The molecule has 5 rings (SSSR count). The highest BCUT2D eigenvalue weighted by molar-refractivity contribution is 8.26. The highest BCUT2D eigenvalue weighted by Crippen LogP contribution is 2.40. The van der Waals surface area contributed by atoms with E-state index in [0.29, 0.717) is 20.7 Å². The number of nitrogens with zero attached hydrogens (tertiary/aromatic N) is 2. The summed E-state index contributed by atoms with van der Waals surface area (Å²) in [6.07, 6.45) is 3.82. The Balaban J connectivity index is 1.32. The Morgan fingerprint density at radius 2 is 1.67 bits per heavy atom. The first-order valence-corrected chi connectivity index (χ1v) is 12.8. The Morgan fingerprint density at radius 1 is 1.03 bits per heavy atom. The summed E-state index contributed by atoms with van der Waals surface area (Å²) in [7, 11) is 1.54. The first-order valence-electron chi connectivity index (χ1n) is 11.6. The van der Waals surface area contributed by atoms with E-state index in [-0.39, 0.29) is 24.5 Å². The molecule has 0 radical (unpaired) electrons. The lowest BCUT2D eigenvalue weighted by atomic mass is 10.2. The molecule has 8 heteroatoms.